The first kappa shape index (κ1) is 15.2. The predicted octanol–water partition coefficient (Wildman–Crippen LogP) is 4.33. The number of imidazole rings is 1. The minimum Gasteiger partial charge on any atom is -0.508 e. The SMILES string of the molecule is CCn1cnc(Cl)c1CSC1=N/C(C)=C\C(O)=C/CC1. The van der Waals surface area contributed by atoms with Crippen molar-refractivity contribution in [2.24, 2.45) is 4.99 Å². The zero-order valence-electron chi connectivity index (χ0n) is 11.6. The molecule has 0 bridgehead atoms. The van der Waals surface area contributed by atoms with Crippen molar-refractivity contribution < 1.29 is 5.11 Å². The fraction of sp³-hybridized carbons (Fsp3) is 0.429. The number of allylic oxidation sites excluding steroid dienone is 3. The van der Waals surface area contributed by atoms with E-state index >= 15 is 0 Å². The Labute approximate surface area is 128 Å². The van der Waals surface area contributed by atoms with E-state index in [9.17, 15) is 5.11 Å². The lowest BCUT2D eigenvalue weighted by molar-refractivity contribution is 0.428. The lowest BCUT2D eigenvalue weighted by Gasteiger charge is -2.09. The number of aryl methyl sites for hydroxylation is 1. The van der Waals surface area contributed by atoms with Gasteiger partial charge in [-0.25, -0.2) is 4.98 Å². The molecular formula is C14H18ClN3OS. The van der Waals surface area contributed by atoms with Crippen LogP contribution in [0.4, 0.5) is 0 Å². The molecule has 1 aromatic heterocycles. The Morgan fingerprint density at radius 3 is 3.05 bits per heavy atom. The molecule has 108 valence electrons. The number of aliphatic hydroxyl groups is 1. The molecule has 0 radical (unpaired) electrons. The van der Waals surface area contributed by atoms with Crippen LogP contribution in [0, 0.1) is 0 Å². The van der Waals surface area contributed by atoms with Crippen molar-refractivity contribution in [3.05, 3.63) is 40.8 Å². The topological polar surface area (TPSA) is 50.4 Å². The van der Waals surface area contributed by atoms with Crippen molar-refractivity contribution in [3.63, 3.8) is 0 Å². The molecule has 1 aliphatic rings. The summed E-state index contributed by atoms with van der Waals surface area (Å²) in [6.07, 6.45) is 6.90. The molecule has 1 N–H and O–H groups in total. The Morgan fingerprint density at radius 1 is 1.50 bits per heavy atom. The molecule has 0 atom stereocenters. The van der Waals surface area contributed by atoms with Crippen molar-refractivity contribution in [1.29, 1.82) is 0 Å². The Kier molecular flexibility index (Phi) is 5.31. The number of aliphatic imine (C=N–C) groups is 1. The molecule has 0 aromatic carbocycles. The monoisotopic (exact) mass is 311 g/mol. The highest BCUT2D eigenvalue weighted by Gasteiger charge is 2.11. The van der Waals surface area contributed by atoms with Crippen LogP contribution in [0.25, 0.3) is 0 Å². The summed E-state index contributed by atoms with van der Waals surface area (Å²) in [6.45, 7) is 4.82. The molecule has 0 aliphatic carbocycles. The smallest absolute Gasteiger partial charge is 0.151 e. The van der Waals surface area contributed by atoms with Gasteiger partial charge in [0.1, 0.15) is 5.76 Å². The van der Waals surface area contributed by atoms with E-state index in [0.29, 0.717) is 10.9 Å². The molecule has 0 fully saturated rings. The zero-order chi connectivity index (χ0) is 14.5. The van der Waals surface area contributed by atoms with Crippen molar-refractivity contribution in [3.8, 4) is 0 Å². The lowest BCUT2D eigenvalue weighted by atomic mass is 10.2. The molecule has 6 heteroatoms. The number of thioether (sulfide) groups is 1. The van der Waals surface area contributed by atoms with Crippen LogP contribution < -0.4 is 0 Å². The Morgan fingerprint density at radius 2 is 2.30 bits per heavy atom. The van der Waals surface area contributed by atoms with Crippen LogP contribution in [0.1, 0.15) is 32.4 Å². The molecule has 2 rings (SSSR count). The Balaban J connectivity index is 2.07. The van der Waals surface area contributed by atoms with E-state index in [1.54, 1.807) is 24.2 Å². The van der Waals surface area contributed by atoms with E-state index in [-0.39, 0.29) is 0 Å². The van der Waals surface area contributed by atoms with Gasteiger partial charge in [-0.3, -0.25) is 4.99 Å². The molecule has 4 nitrogen and oxygen atoms in total. The van der Waals surface area contributed by atoms with Gasteiger partial charge in [0.15, 0.2) is 5.15 Å². The van der Waals surface area contributed by atoms with Gasteiger partial charge in [-0.1, -0.05) is 11.6 Å². The second kappa shape index (κ2) is 6.99. The molecule has 0 saturated heterocycles. The van der Waals surface area contributed by atoms with Crippen LogP contribution in [0.2, 0.25) is 5.15 Å². The number of rotatable bonds is 3. The van der Waals surface area contributed by atoms with Gasteiger partial charge in [-0.05, 0) is 32.8 Å². The highest BCUT2D eigenvalue weighted by atomic mass is 35.5. The molecular weight excluding hydrogens is 294 g/mol. The molecule has 0 spiro atoms. The van der Waals surface area contributed by atoms with Crippen molar-refractivity contribution >= 4 is 28.4 Å². The van der Waals surface area contributed by atoms with Crippen LogP contribution in [0.3, 0.4) is 0 Å². The van der Waals surface area contributed by atoms with Gasteiger partial charge >= 0.3 is 0 Å². The average molecular weight is 312 g/mol. The Bertz CT molecular complexity index is 575. The fourth-order valence-electron chi connectivity index (χ4n) is 1.96. The highest BCUT2D eigenvalue weighted by Crippen LogP contribution is 2.24. The van der Waals surface area contributed by atoms with E-state index in [4.69, 9.17) is 11.6 Å². The first-order valence-corrected chi connectivity index (χ1v) is 7.93. The van der Waals surface area contributed by atoms with Gasteiger partial charge in [0.2, 0.25) is 0 Å². The van der Waals surface area contributed by atoms with Gasteiger partial charge in [0.25, 0.3) is 0 Å². The summed E-state index contributed by atoms with van der Waals surface area (Å²) in [5, 5.41) is 11.2. The van der Waals surface area contributed by atoms with Gasteiger partial charge in [0.05, 0.1) is 17.1 Å². The zero-order valence-corrected chi connectivity index (χ0v) is 13.2. The molecule has 1 aromatic rings. The molecule has 1 aliphatic heterocycles. The van der Waals surface area contributed by atoms with Crippen molar-refractivity contribution in [2.45, 2.75) is 39.0 Å². The molecule has 0 unspecified atom stereocenters. The maximum absolute atomic E-state index is 9.54. The minimum absolute atomic E-state index is 0.294. The number of nitrogens with zero attached hydrogens (tertiary/aromatic N) is 3. The number of aromatic nitrogens is 2. The first-order chi connectivity index (χ1) is 9.60. The summed E-state index contributed by atoms with van der Waals surface area (Å²) in [5.41, 5.74) is 1.85. The maximum Gasteiger partial charge on any atom is 0.151 e. The van der Waals surface area contributed by atoms with E-state index in [1.807, 2.05) is 17.6 Å². The number of hydrogen-bond acceptors (Lipinski definition) is 4. The molecule has 0 amide bonds. The fourth-order valence-corrected chi connectivity index (χ4v) is 3.33. The normalized spacial score (nSPS) is 21.2. The third-order valence-electron chi connectivity index (χ3n) is 2.98. The van der Waals surface area contributed by atoms with Gasteiger partial charge in [0, 0.05) is 24.1 Å². The van der Waals surface area contributed by atoms with Gasteiger partial charge < -0.3 is 9.67 Å². The van der Waals surface area contributed by atoms with E-state index in [1.165, 1.54) is 0 Å². The summed E-state index contributed by atoms with van der Waals surface area (Å²) in [4.78, 5) is 8.67. The van der Waals surface area contributed by atoms with Crippen molar-refractivity contribution in [1.82, 2.24) is 9.55 Å². The third-order valence-corrected chi connectivity index (χ3v) is 4.34. The van der Waals surface area contributed by atoms with Crippen molar-refractivity contribution in [2.75, 3.05) is 0 Å². The molecule has 2 heterocycles. The van der Waals surface area contributed by atoms with Crippen LogP contribution in [-0.2, 0) is 12.3 Å². The van der Waals surface area contributed by atoms with Crippen LogP contribution in [0.15, 0.2) is 34.9 Å². The second-order valence-electron chi connectivity index (χ2n) is 4.52. The summed E-state index contributed by atoms with van der Waals surface area (Å²) in [7, 11) is 0. The largest absolute Gasteiger partial charge is 0.508 e. The minimum atomic E-state index is 0.294. The third kappa shape index (κ3) is 3.90. The average Bonchev–Trinajstić information content (AvgIpc) is 2.74. The predicted molar refractivity (Wildman–Crippen MR) is 85.3 cm³/mol. The summed E-state index contributed by atoms with van der Waals surface area (Å²) >= 11 is 7.79. The summed E-state index contributed by atoms with van der Waals surface area (Å²) in [5.74, 6) is 1.05. The first-order valence-electron chi connectivity index (χ1n) is 6.57. The Hall–Kier alpha value is -1.20. The van der Waals surface area contributed by atoms with Crippen LogP contribution in [-0.4, -0.2) is 19.7 Å². The molecule has 20 heavy (non-hydrogen) atoms. The number of hydrogen-bond donors (Lipinski definition) is 1. The van der Waals surface area contributed by atoms with Gasteiger partial charge in [-0.2, -0.15) is 0 Å². The van der Waals surface area contributed by atoms with Crippen LogP contribution >= 0.6 is 23.4 Å². The molecule has 0 saturated carbocycles. The van der Waals surface area contributed by atoms with E-state index in [2.05, 4.69) is 16.9 Å². The van der Waals surface area contributed by atoms with Crippen LogP contribution in [0.5, 0.6) is 0 Å². The van der Waals surface area contributed by atoms with E-state index < -0.39 is 0 Å². The standard InChI is InChI=1S/C14H18ClN3OS/c1-3-18-9-16-14(15)12(18)8-20-13-6-4-5-11(19)7-10(2)17-13/h5,7,9,19H,3-4,6,8H2,1-2H3/b10-7-,11-5+,17-13?. The maximum atomic E-state index is 9.54. The summed E-state index contributed by atoms with van der Waals surface area (Å²) in [6, 6.07) is 0. The lowest BCUT2D eigenvalue weighted by Crippen LogP contribution is -2.01. The summed E-state index contributed by atoms with van der Waals surface area (Å²) < 4.78 is 2.05. The number of halogens is 1. The quantitative estimate of drug-likeness (QED) is 0.904. The highest BCUT2D eigenvalue weighted by molar-refractivity contribution is 8.13. The van der Waals surface area contributed by atoms with E-state index in [0.717, 1.165) is 41.6 Å². The number of aliphatic hydroxyl groups excluding tert-OH is 1. The second-order valence-corrected chi connectivity index (χ2v) is 5.92. The van der Waals surface area contributed by atoms with Gasteiger partial charge in [-0.15, -0.1) is 11.8 Å².